The molecule has 0 aliphatic carbocycles. The van der Waals surface area contributed by atoms with Crippen molar-refractivity contribution in [3.8, 4) is 5.75 Å². The predicted molar refractivity (Wildman–Crippen MR) is 82.1 cm³/mol. The molecular weight excluding hydrogens is 292 g/mol. The quantitative estimate of drug-likeness (QED) is 0.392. The zero-order chi connectivity index (χ0) is 15.7. The van der Waals surface area contributed by atoms with Crippen molar-refractivity contribution in [1.29, 1.82) is 0 Å². The Bertz CT molecular complexity index is 485. The molecule has 0 atom stereocenters. The number of ether oxygens (including phenoxy) is 2. The van der Waals surface area contributed by atoms with Gasteiger partial charge in [0.05, 0.1) is 19.3 Å². The molecule has 116 valence electrons. The Morgan fingerprint density at radius 2 is 1.86 bits per heavy atom. The number of carbonyl (C=O) groups excluding carboxylic acids is 2. The van der Waals surface area contributed by atoms with Crippen LogP contribution in [0.15, 0.2) is 18.2 Å². The van der Waals surface area contributed by atoms with Gasteiger partial charge in [0, 0.05) is 17.9 Å². The molecule has 1 aromatic carbocycles. The monoisotopic (exact) mass is 312 g/mol. The van der Waals surface area contributed by atoms with E-state index in [0.717, 1.165) is 19.3 Å². The Labute approximate surface area is 130 Å². The van der Waals surface area contributed by atoms with E-state index in [9.17, 15) is 9.59 Å². The van der Waals surface area contributed by atoms with Gasteiger partial charge in [-0.05, 0) is 38.0 Å². The van der Waals surface area contributed by atoms with E-state index < -0.39 is 0 Å². The van der Waals surface area contributed by atoms with E-state index in [1.54, 1.807) is 25.1 Å². The summed E-state index contributed by atoms with van der Waals surface area (Å²) in [6.07, 6.45) is 3.14. The molecule has 0 amide bonds. The second-order valence-corrected chi connectivity index (χ2v) is 5.07. The fourth-order valence-electron chi connectivity index (χ4n) is 1.99. The van der Waals surface area contributed by atoms with Gasteiger partial charge >= 0.3 is 5.97 Å². The van der Waals surface area contributed by atoms with Crippen molar-refractivity contribution in [3.05, 3.63) is 28.8 Å². The minimum Gasteiger partial charge on any atom is -0.496 e. The number of ketones is 1. The third-order valence-corrected chi connectivity index (χ3v) is 3.29. The highest BCUT2D eigenvalue weighted by molar-refractivity contribution is 6.30. The summed E-state index contributed by atoms with van der Waals surface area (Å²) >= 11 is 5.87. The van der Waals surface area contributed by atoms with Crippen molar-refractivity contribution in [2.45, 2.75) is 39.0 Å². The first-order valence-electron chi connectivity index (χ1n) is 7.10. The molecular formula is C16H21ClO4. The molecule has 0 heterocycles. The molecule has 0 N–H and O–H groups in total. The first kappa shape index (κ1) is 17.5. The van der Waals surface area contributed by atoms with Gasteiger partial charge in [0.15, 0.2) is 5.78 Å². The Hall–Kier alpha value is -1.55. The Morgan fingerprint density at radius 3 is 2.52 bits per heavy atom. The minimum absolute atomic E-state index is 0.0275. The third kappa shape index (κ3) is 6.17. The van der Waals surface area contributed by atoms with Crippen LogP contribution in [0.3, 0.4) is 0 Å². The van der Waals surface area contributed by atoms with E-state index in [-0.39, 0.29) is 11.8 Å². The van der Waals surface area contributed by atoms with E-state index in [0.29, 0.717) is 35.8 Å². The van der Waals surface area contributed by atoms with Gasteiger partial charge in [-0.1, -0.05) is 18.0 Å². The van der Waals surface area contributed by atoms with Crippen LogP contribution >= 0.6 is 11.6 Å². The lowest BCUT2D eigenvalue weighted by atomic mass is 10.0. The van der Waals surface area contributed by atoms with Gasteiger partial charge in [-0.3, -0.25) is 9.59 Å². The van der Waals surface area contributed by atoms with Crippen LogP contribution in [0.25, 0.3) is 0 Å². The number of halogens is 1. The topological polar surface area (TPSA) is 52.6 Å². The summed E-state index contributed by atoms with van der Waals surface area (Å²) < 4.78 is 10.0. The lowest BCUT2D eigenvalue weighted by molar-refractivity contribution is -0.143. The van der Waals surface area contributed by atoms with Crippen LogP contribution in [-0.2, 0) is 9.53 Å². The molecule has 0 saturated carbocycles. The van der Waals surface area contributed by atoms with Gasteiger partial charge in [-0.15, -0.1) is 0 Å². The standard InChI is InChI=1S/C16H21ClO4/c1-3-21-16(19)8-6-4-5-7-14(18)13-10-9-12(17)11-15(13)20-2/h9-11H,3-8H2,1-2H3. The van der Waals surface area contributed by atoms with Crippen LogP contribution in [0.5, 0.6) is 5.75 Å². The maximum atomic E-state index is 12.1. The molecule has 1 rings (SSSR count). The van der Waals surface area contributed by atoms with Crippen molar-refractivity contribution in [1.82, 2.24) is 0 Å². The van der Waals surface area contributed by atoms with Gasteiger partial charge in [-0.25, -0.2) is 0 Å². The number of carbonyl (C=O) groups is 2. The zero-order valence-corrected chi connectivity index (χ0v) is 13.2. The van der Waals surface area contributed by atoms with Crippen molar-refractivity contribution in [3.63, 3.8) is 0 Å². The molecule has 0 aliphatic rings. The molecule has 21 heavy (non-hydrogen) atoms. The second-order valence-electron chi connectivity index (χ2n) is 4.63. The average molecular weight is 313 g/mol. The number of Topliss-reactive ketones (excluding diaryl/α,β-unsaturated/α-hetero) is 1. The van der Waals surface area contributed by atoms with E-state index in [2.05, 4.69) is 0 Å². The second kappa shape index (κ2) is 9.40. The summed E-state index contributed by atoms with van der Waals surface area (Å²) in [6, 6.07) is 5.00. The summed E-state index contributed by atoms with van der Waals surface area (Å²) in [4.78, 5) is 23.3. The average Bonchev–Trinajstić information content (AvgIpc) is 2.46. The maximum absolute atomic E-state index is 12.1. The SMILES string of the molecule is CCOC(=O)CCCCCC(=O)c1ccc(Cl)cc1OC. The molecule has 0 spiro atoms. The summed E-state index contributed by atoms with van der Waals surface area (Å²) in [5.41, 5.74) is 0.548. The normalized spacial score (nSPS) is 10.2. The Balaban J connectivity index is 2.36. The van der Waals surface area contributed by atoms with Crippen LogP contribution in [0, 0.1) is 0 Å². The zero-order valence-electron chi connectivity index (χ0n) is 12.5. The molecule has 5 heteroatoms. The number of benzene rings is 1. The van der Waals surface area contributed by atoms with Gasteiger partial charge in [-0.2, -0.15) is 0 Å². The minimum atomic E-state index is -0.178. The summed E-state index contributed by atoms with van der Waals surface area (Å²) in [5, 5.41) is 0.540. The van der Waals surface area contributed by atoms with Crippen LogP contribution < -0.4 is 4.74 Å². The molecule has 4 nitrogen and oxygen atoms in total. The number of methoxy groups -OCH3 is 1. The fourth-order valence-corrected chi connectivity index (χ4v) is 2.16. The fraction of sp³-hybridized carbons (Fsp3) is 0.500. The predicted octanol–water partition coefficient (Wildman–Crippen LogP) is 4.04. The third-order valence-electron chi connectivity index (χ3n) is 3.05. The van der Waals surface area contributed by atoms with Crippen LogP contribution in [-0.4, -0.2) is 25.5 Å². The smallest absolute Gasteiger partial charge is 0.305 e. The Morgan fingerprint density at radius 1 is 1.14 bits per heavy atom. The van der Waals surface area contributed by atoms with E-state index in [1.165, 1.54) is 7.11 Å². The van der Waals surface area contributed by atoms with Crippen LogP contribution in [0.2, 0.25) is 5.02 Å². The molecule has 0 aromatic heterocycles. The van der Waals surface area contributed by atoms with Gasteiger partial charge in [0.2, 0.25) is 0 Å². The Kier molecular flexibility index (Phi) is 7.83. The maximum Gasteiger partial charge on any atom is 0.305 e. The molecule has 0 aliphatic heterocycles. The molecule has 0 radical (unpaired) electrons. The summed E-state index contributed by atoms with van der Waals surface area (Å²) in [7, 11) is 1.52. The van der Waals surface area contributed by atoms with Gasteiger partial charge in [0.1, 0.15) is 5.75 Å². The number of rotatable bonds is 9. The van der Waals surface area contributed by atoms with Crippen LogP contribution in [0.1, 0.15) is 49.4 Å². The summed E-state index contributed by atoms with van der Waals surface area (Å²) in [6.45, 7) is 2.20. The van der Waals surface area contributed by atoms with E-state index >= 15 is 0 Å². The lowest BCUT2D eigenvalue weighted by Gasteiger charge is -2.08. The molecule has 0 unspecified atom stereocenters. The number of hydrogen-bond acceptors (Lipinski definition) is 4. The lowest BCUT2D eigenvalue weighted by Crippen LogP contribution is -2.04. The van der Waals surface area contributed by atoms with Crippen molar-refractivity contribution in [2.75, 3.05) is 13.7 Å². The van der Waals surface area contributed by atoms with Gasteiger partial charge < -0.3 is 9.47 Å². The van der Waals surface area contributed by atoms with Crippen molar-refractivity contribution >= 4 is 23.4 Å². The number of unbranched alkanes of at least 4 members (excludes halogenated alkanes) is 2. The molecule has 1 aromatic rings. The van der Waals surface area contributed by atoms with E-state index in [1.807, 2.05) is 0 Å². The number of esters is 1. The molecule has 0 fully saturated rings. The highest BCUT2D eigenvalue weighted by Gasteiger charge is 2.12. The van der Waals surface area contributed by atoms with Crippen molar-refractivity contribution in [2.24, 2.45) is 0 Å². The first-order valence-corrected chi connectivity index (χ1v) is 7.48. The molecule has 0 bridgehead atoms. The highest BCUT2D eigenvalue weighted by Crippen LogP contribution is 2.24. The molecule has 0 saturated heterocycles. The highest BCUT2D eigenvalue weighted by atomic mass is 35.5. The first-order chi connectivity index (χ1) is 10.1. The number of hydrogen-bond donors (Lipinski definition) is 0. The van der Waals surface area contributed by atoms with Gasteiger partial charge in [0.25, 0.3) is 0 Å². The summed E-state index contributed by atoms with van der Waals surface area (Å²) in [5.74, 6) is 0.349. The van der Waals surface area contributed by atoms with Crippen molar-refractivity contribution < 1.29 is 19.1 Å². The largest absolute Gasteiger partial charge is 0.496 e. The van der Waals surface area contributed by atoms with E-state index in [4.69, 9.17) is 21.1 Å². The van der Waals surface area contributed by atoms with Crippen LogP contribution in [0.4, 0.5) is 0 Å².